The fourth-order valence-electron chi connectivity index (χ4n) is 5.98. The summed E-state index contributed by atoms with van der Waals surface area (Å²) >= 11 is 0. The van der Waals surface area contributed by atoms with Gasteiger partial charge in [0.15, 0.2) is 5.78 Å². The van der Waals surface area contributed by atoms with E-state index in [1.807, 2.05) is 41.1 Å². The molecule has 1 heterocycles. The molecule has 4 heteroatoms. The molecule has 4 nitrogen and oxygen atoms in total. The highest BCUT2D eigenvalue weighted by Crippen LogP contribution is 2.27. The summed E-state index contributed by atoms with van der Waals surface area (Å²) in [6.07, 6.45) is 4.96. The fourth-order valence-corrected chi connectivity index (χ4v) is 5.98. The van der Waals surface area contributed by atoms with Gasteiger partial charge in [-0.2, -0.15) is 10.4 Å². The van der Waals surface area contributed by atoms with Gasteiger partial charge in [0.25, 0.3) is 0 Å². The maximum absolute atomic E-state index is 13.3. The molecular weight excluding hydrogens is 454 g/mol. The van der Waals surface area contributed by atoms with E-state index in [2.05, 4.69) is 54.6 Å². The zero-order valence-electron chi connectivity index (χ0n) is 20.2. The third kappa shape index (κ3) is 3.36. The zero-order valence-corrected chi connectivity index (χ0v) is 20.2. The molecule has 176 valence electrons. The minimum absolute atomic E-state index is 0.198. The first-order chi connectivity index (χ1) is 18.2. The molecule has 2 aliphatic carbocycles. The Kier molecular flexibility index (Phi) is 4.90. The topological polar surface area (TPSA) is 58.7 Å². The number of carbonyl (C=O) groups is 1. The lowest BCUT2D eigenvalue weighted by Crippen LogP contribution is -2.28. The number of benzene rings is 4. The third-order valence-electron chi connectivity index (χ3n) is 7.73. The molecule has 0 saturated carbocycles. The number of nitriles is 1. The Morgan fingerprint density at radius 2 is 1.59 bits per heavy atom. The average Bonchev–Trinajstić information content (AvgIpc) is 3.32. The van der Waals surface area contributed by atoms with Gasteiger partial charge in [-0.3, -0.25) is 4.79 Å². The smallest absolute Gasteiger partial charge is 0.160 e. The van der Waals surface area contributed by atoms with Gasteiger partial charge in [0.05, 0.1) is 22.5 Å². The summed E-state index contributed by atoms with van der Waals surface area (Å²) in [5.41, 5.74) is 6.59. The van der Waals surface area contributed by atoms with Crippen LogP contribution in [0.4, 0.5) is 0 Å². The molecule has 0 radical (unpaired) electrons. The number of nitrogens with zero attached hydrogens (tertiary/aromatic N) is 3. The van der Waals surface area contributed by atoms with Crippen molar-refractivity contribution >= 4 is 28.3 Å². The SMILES string of the molecule is N#Cc1ccccc1-n1nc(CC2=c3ccc4c(c3CCC2=O)CC=c2ccccc2=4)c2ccccc21. The van der Waals surface area contributed by atoms with E-state index in [1.165, 1.54) is 26.8 Å². The molecule has 0 saturated heterocycles. The summed E-state index contributed by atoms with van der Waals surface area (Å²) in [5.74, 6) is 0.198. The second-order valence-corrected chi connectivity index (χ2v) is 9.70. The molecule has 1 aromatic heterocycles. The summed E-state index contributed by atoms with van der Waals surface area (Å²) < 4.78 is 1.84. The number of rotatable bonds is 3. The number of aromatic nitrogens is 2. The van der Waals surface area contributed by atoms with Gasteiger partial charge in [-0.1, -0.05) is 72.8 Å². The van der Waals surface area contributed by atoms with Crippen molar-refractivity contribution in [2.75, 3.05) is 0 Å². The minimum atomic E-state index is 0.198. The van der Waals surface area contributed by atoms with Crippen LogP contribution in [0.5, 0.6) is 0 Å². The van der Waals surface area contributed by atoms with Crippen molar-refractivity contribution in [1.29, 1.82) is 5.26 Å². The predicted molar refractivity (Wildman–Crippen MR) is 144 cm³/mol. The van der Waals surface area contributed by atoms with Gasteiger partial charge in [0, 0.05) is 23.8 Å². The first-order valence-corrected chi connectivity index (χ1v) is 12.7. The van der Waals surface area contributed by atoms with Crippen molar-refractivity contribution in [1.82, 2.24) is 9.78 Å². The van der Waals surface area contributed by atoms with Crippen LogP contribution in [-0.2, 0) is 24.1 Å². The van der Waals surface area contributed by atoms with Gasteiger partial charge in [-0.15, -0.1) is 0 Å². The van der Waals surface area contributed by atoms with Crippen LogP contribution >= 0.6 is 0 Å². The van der Waals surface area contributed by atoms with Gasteiger partial charge in [0.2, 0.25) is 0 Å². The molecule has 37 heavy (non-hydrogen) atoms. The van der Waals surface area contributed by atoms with Gasteiger partial charge < -0.3 is 0 Å². The van der Waals surface area contributed by atoms with Crippen LogP contribution in [0.25, 0.3) is 28.2 Å². The van der Waals surface area contributed by atoms with Gasteiger partial charge in [-0.05, 0) is 63.0 Å². The Labute approximate surface area is 213 Å². The molecule has 0 fully saturated rings. The third-order valence-corrected chi connectivity index (χ3v) is 7.73. The summed E-state index contributed by atoms with van der Waals surface area (Å²) in [7, 11) is 0. The molecular formula is C33H23N3O. The normalized spacial score (nSPS) is 13.9. The molecule has 0 N–H and O–H groups in total. The Morgan fingerprint density at radius 1 is 0.811 bits per heavy atom. The average molecular weight is 478 g/mol. The summed E-state index contributed by atoms with van der Waals surface area (Å²) in [6, 6.07) is 30.7. The number of hydrogen-bond donors (Lipinski definition) is 0. The second kappa shape index (κ2) is 8.43. The molecule has 5 aromatic rings. The van der Waals surface area contributed by atoms with Gasteiger partial charge in [-0.25, -0.2) is 4.68 Å². The summed E-state index contributed by atoms with van der Waals surface area (Å²) in [4.78, 5) is 13.3. The van der Waals surface area contributed by atoms with Gasteiger partial charge >= 0.3 is 0 Å². The van der Waals surface area contributed by atoms with Crippen LogP contribution in [0, 0.1) is 21.8 Å². The molecule has 0 unspecified atom stereocenters. The fraction of sp³-hybridized carbons (Fsp3) is 0.121. The van der Waals surface area contributed by atoms with Gasteiger partial charge in [0.1, 0.15) is 6.07 Å². The largest absolute Gasteiger partial charge is 0.295 e. The molecule has 0 amide bonds. The number of hydrogen-bond acceptors (Lipinski definition) is 3. The number of fused-ring (bicyclic) bond motifs is 5. The quantitative estimate of drug-likeness (QED) is 0.386. The predicted octanol–water partition coefficient (Wildman–Crippen LogP) is 4.43. The summed E-state index contributed by atoms with van der Waals surface area (Å²) in [6.45, 7) is 0. The van der Waals surface area contributed by atoms with Crippen molar-refractivity contribution in [3.05, 3.63) is 128 Å². The first kappa shape index (κ1) is 21.5. The minimum Gasteiger partial charge on any atom is -0.295 e. The van der Waals surface area contributed by atoms with E-state index in [0.29, 0.717) is 18.4 Å². The number of para-hydroxylation sites is 2. The van der Waals surface area contributed by atoms with E-state index in [0.717, 1.165) is 45.9 Å². The Balaban J connectivity index is 1.45. The number of Topliss-reactive ketones (excluding diaryl/α,β-unsaturated/α-hetero) is 1. The maximum atomic E-state index is 13.3. The van der Waals surface area contributed by atoms with E-state index in [9.17, 15) is 10.1 Å². The monoisotopic (exact) mass is 477 g/mol. The van der Waals surface area contributed by atoms with Crippen molar-refractivity contribution in [2.24, 2.45) is 0 Å². The first-order valence-electron chi connectivity index (χ1n) is 12.7. The Morgan fingerprint density at radius 3 is 2.51 bits per heavy atom. The van der Waals surface area contributed by atoms with Crippen molar-refractivity contribution in [3.63, 3.8) is 0 Å². The highest BCUT2D eigenvalue weighted by molar-refractivity contribution is 6.16. The van der Waals surface area contributed by atoms with Crippen molar-refractivity contribution in [2.45, 2.75) is 25.7 Å². The molecule has 0 bridgehead atoms. The molecule has 0 aliphatic heterocycles. The lowest BCUT2D eigenvalue weighted by Gasteiger charge is -2.19. The van der Waals surface area contributed by atoms with Crippen molar-refractivity contribution < 1.29 is 4.79 Å². The molecule has 0 spiro atoms. The van der Waals surface area contributed by atoms with Crippen molar-refractivity contribution in [3.8, 4) is 11.8 Å². The highest BCUT2D eigenvalue weighted by atomic mass is 16.1. The lowest BCUT2D eigenvalue weighted by atomic mass is 9.84. The van der Waals surface area contributed by atoms with Crippen LogP contribution in [0.15, 0.2) is 84.9 Å². The van der Waals surface area contributed by atoms with E-state index >= 15 is 0 Å². The zero-order chi connectivity index (χ0) is 24.9. The standard InChI is InChI=1S/C33H23N3O/c34-20-22-8-2-5-11-31(22)36-32-12-6-4-10-28(32)30(35-36)19-29-27-16-15-24-23-9-3-1-7-21(23)13-14-25(24)26(27)17-18-33(29)37/h1-13,15-16H,14,17-19H2. The Bertz CT molecular complexity index is 2030. The van der Waals surface area contributed by atoms with Crippen LogP contribution in [-0.4, -0.2) is 15.6 Å². The summed E-state index contributed by atoms with van der Waals surface area (Å²) in [5, 5.41) is 20.6. The Hall–Kier alpha value is -4.75. The molecule has 7 rings (SSSR count). The van der Waals surface area contributed by atoms with Crippen LogP contribution in [0.2, 0.25) is 0 Å². The second-order valence-electron chi connectivity index (χ2n) is 9.70. The molecule has 2 aliphatic rings. The van der Waals surface area contributed by atoms with Crippen LogP contribution < -0.4 is 10.4 Å². The number of carbonyl (C=O) groups excluding carboxylic acids is 1. The maximum Gasteiger partial charge on any atom is 0.160 e. The number of ketones is 1. The lowest BCUT2D eigenvalue weighted by molar-refractivity contribution is -0.114. The van der Waals surface area contributed by atoms with Crippen LogP contribution in [0.1, 0.15) is 28.8 Å². The van der Waals surface area contributed by atoms with E-state index in [1.54, 1.807) is 6.07 Å². The molecule has 0 atom stereocenters. The highest BCUT2D eigenvalue weighted by Gasteiger charge is 2.24. The van der Waals surface area contributed by atoms with E-state index in [4.69, 9.17) is 5.10 Å². The van der Waals surface area contributed by atoms with E-state index < -0.39 is 0 Å². The van der Waals surface area contributed by atoms with E-state index in [-0.39, 0.29) is 5.78 Å². The van der Waals surface area contributed by atoms with Crippen LogP contribution in [0.3, 0.4) is 0 Å². The molecule has 4 aromatic carbocycles.